The summed E-state index contributed by atoms with van der Waals surface area (Å²) in [6, 6.07) is 7.25. The van der Waals surface area contributed by atoms with E-state index in [-0.39, 0.29) is 18.9 Å². The fourth-order valence-electron chi connectivity index (χ4n) is 6.04. The van der Waals surface area contributed by atoms with Crippen LogP contribution < -0.4 is 10.1 Å². The van der Waals surface area contributed by atoms with Crippen LogP contribution in [-0.2, 0) is 20.6 Å². The van der Waals surface area contributed by atoms with Gasteiger partial charge in [0.05, 0.1) is 31.0 Å². The summed E-state index contributed by atoms with van der Waals surface area (Å²) in [5.74, 6) is -1.75. The minimum atomic E-state index is -2.15. The van der Waals surface area contributed by atoms with Crippen LogP contribution in [0.3, 0.4) is 0 Å². The number of likely N-dealkylation sites (N-methyl/N-ethyl adjacent to an activating group) is 1. The van der Waals surface area contributed by atoms with E-state index in [0.717, 1.165) is 11.3 Å². The van der Waals surface area contributed by atoms with Crippen molar-refractivity contribution in [1.29, 1.82) is 0 Å². The van der Waals surface area contributed by atoms with E-state index in [9.17, 15) is 20.4 Å². The molecular weight excluding hydrogens is 454 g/mol. The van der Waals surface area contributed by atoms with Crippen molar-refractivity contribution in [2.45, 2.75) is 107 Å². The first-order chi connectivity index (χ1) is 16.7. The Morgan fingerprint density at radius 2 is 1.77 bits per heavy atom. The molecule has 0 bridgehead atoms. The van der Waals surface area contributed by atoms with E-state index in [1.54, 1.807) is 7.05 Å². The van der Waals surface area contributed by atoms with E-state index in [4.69, 9.17) is 18.9 Å². The second-order valence-corrected chi connectivity index (χ2v) is 10.2. The number of benzene rings is 1. The summed E-state index contributed by atoms with van der Waals surface area (Å²) in [6.07, 6.45) is -2.96. The zero-order chi connectivity index (χ0) is 25.4. The van der Waals surface area contributed by atoms with Crippen LogP contribution in [0, 0.1) is 5.92 Å². The van der Waals surface area contributed by atoms with Crippen molar-refractivity contribution in [3.63, 3.8) is 0 Å². The predicted molar refractivity (Wildman–Crippen MR) is 128 cm³/mol. The molecule has 0 unspecified atom stereocenters. The number of hydrogen-bond acceptors (Lipinski definition) is 9. The van der Waals surface area contributed by atoms with Gasteiger partial charge in [0.15, 0.2) is 0 Å². The van der Waals surface area contributed by atoms with Crippen molar-refractivity contribution < 1.29 is 39.4 Å². The number of fused-ring (bicyclic) bond motifs is 2. The highest BCUT2D eigenvalue weighted by atomic mass is 16.8. The Morgan fingerprint density at radius 3 is 2.40 bits per heavy atom. The molecule has 1 saturated carbocycles. The Labute approximate surface area is 207 Å². The predicted octanol–water partition coefficient (Wildman–Crippen LogP) is 1.10. The molecule has 1 aliphatic carbocycles. The molecule has 0 amide bonds. The highest BCUT2D eigenvalue weighted by Crippen LogP contribution is 2.49. The van der Waals surface area contributed by atoms with Crippen LogP contribution in [-0.4, -0.2) is 88.3 Å². The number of ether oxygens (including phenoxy) is 4. The van der Waals surface area contributed by atoms with Crippen LogP contribution in [0.2, 0.25) is 0 Å². The summed E-state index contributed by atoms with van der Waals surface area (Å²) in [5, 5.41) is 48.4. The average Bonchev–Trinajstić information content (AvgIpc) is 2.81. The van der Waals surface area contributed by atoms with Gasteiger partial charge in [-0.1, -0.05) is 19.1 Å². The second kappa shape index (κ2) is 10.6. The molecule has 3 aliphatic rings. The maximum atomic E-state index is 11.8. The molecule has 4 rings (SSSR count). The molecule has 3 fully saturated rings. The Balaban J connectivity index is 1.52. The molecule has 1 aromatic rings. The van der Waals surface area contributed by atoms with Gasteiger partial charge < -0.3 is 44.7 Å². The number of hydrogen-bond donors (Lipinski definition) is 5. The van der Waals surface area contributed by atoms with E-state index < -0.39 is 54.1 Å². The Kier molecular flexibility index (Phi) is 8.10. The smallest absolute Gasteiger partial charge is 0.248 e. The van der Waals surface area contributed by atoms with Gasteiger partial charge in [0.1, 0.15) is 23.6 Å². The first-order valence-corrected chi connectivity index (χ1v) is 12.9. The van der Waals surface area contributed by atoms with E-state index >= 15 is 0 Å². The minimum Gasteiger partial charge on any atom is -0.494 e. The fourth-order valence-corrected chi connectivity index (χ4v) is 6.04. The van der Waals surface area contributed by atoms with Crippen LogP contribution in [0.25, 0.3) is 0 Å². The molecule has 35 heavy (non-hydrogen) atoms. The molecule has 2 saturated heterocycles. The number of aliphatic hydroxyl groups excluding tert-OH is 2. The van der Waals surface area contributed by atoms with Crippen LogP contribution in [0.4, 0.5) is 0 Å². The molecule has 9 heteroatoms. The number of aliphatic hydroxyl groups is 4. The van der Waals surface area contributed by atoms with Gasteiger partial charge in [-0.15, -0.1) is 0 Å². The van der Waals surface area contributed by atoms with E-state index in [2.05, 4.69) is 5.32 Å². The van der Waals surface area contributed by atoms with Crippen molar-refractivity contribution in [3.05, 3.63) is 29.8 Å². The van der Waals surface area contributed by atoms with Gasteiger partial charge in [0, 0.05) is 12.3 Å². The zero-order valence-corrected chi connectivity index (χ0v) is 21.1. The third-order valence-electron chi connectivity index (χ3n) is 7.92. The highest BCUT2D eigenvalue weighted by molar-refractivity contribution is 5.27. The summed E-state index contributed by atoms with van der Waals surface area (Å²) >= 11 is 0. The van der Waals surface area contributed by atoms with Gasteiger partial charge in [-0.3, -0.25) is 0 Å². The normalized spacial score (nSPS) is 43.3. The topological polar surface area (TPSA) is 130 Å². The third kappa shape index (κ3) is 4.85. The van der Waals surface area contributed by atoms with Gasteiger partial charge in [-0.25, -0.2) is 0 Å². The zero-order valence-electron chi connectivity index (χ0n) is 21.1. The largest absolute Gasteiger partial charge is 0.494 e. The Hall–Kier alpha value is -1.30. The van der Waals surface area contributed by atoms with Crippen molar-refractivity contribution in [2.75, 3.05) is 13.7 Å². The summed E-state index contributed by atoms with van der Waals surface area (Å²) in [6.45, 7) is 6.26. The molecular formula is C26H41NO8. The fraction of sp³-hybridized carbons (Fsp3) is 0.769. The molecule has 0 spiro atoms. The van der Waals surface area contributed by atoms with Crippen LogP contribution in [0.15, 0.2) is 24.3 Å². The van der Waals surface area contributed by atoms with Crippen LogP contribution in [0.5, 0.6) is 5.75 Å². The summed E-state index contributed by atoms with van der Waals surface area (Å²) in [4.78, 5) is 0. The molecule has 10 atom stereocenters. The van der Waals surface area contributed by atoms with Crippen molar-refractivity contribution in [2.24, 2.45) is 5.92 Å². The van der Waals surface area contributed by atoms with E-state index in [1.165, 1.54) is 0 Å². The molecule has 5 N–H and O–H groups in total. The standard InChI is InChI=1S/C26H41NO8/c1-5-18-20(28)19(27-4)22-23(21(18)29)34-24-26(31,35-22)25(30,14-15(3)33-24)13-7-8-16-9-11-17(12-10-16)32-6-2/h9-12,15,18-24,27-31H,5-8,13-14H2,1-4H3/t15-,18-,19+,20+,21+,22-,23-,24+,25+,26-/m1/s1. The second-order valence-electron chi connectivity index (χ2n) is 10.2. The highest BCUT2D eigenvalue weighted by Gasteiger charge is 2.68. The van der Waals surface area contributed by atoms with Crippen molar-refractivity contribution in [1.82, 2.24) is 5.32 Å². The van der Waals surface area contributed by atoms with E-state index in [1.807, 2.05) is 45.0 Å². The van der Waals surface area contributed by atoms with E-state index in [0.29, 0.717) is 25.9 Å². The lowest BCUT2D eigenvalue weighted by atomic mass is 9.73. The lowest BCUT2D eigenvalue weighted by Crippen LogP contribution is -2.78. The minimum absolute atomic E-state index is 0.164. The van der Waals surface area contributed by atoms with Crippen LogP contribution in [0.1, 0.15) is 52.0 Å². The van der Waals surface area contributed by atoms with Crippen molar-refractivity contribution in [3.8, 4) is 5.75 Å². The molecule has 198 valence electrons. The van der Waals surface area contributed by atoms with Gasteiger partial charge in [-0.2, -0.15) is 0 Å². The first-order valence-electron chi connectivity index (χ1n) is 12.9. The molecule has 0 radical (unpaired) electrons. The van der Waals surface area contributed by atoms with Crippen LogP contribution >= 0.6 is 0 Å². The summed E-state index contributed by atoms with van der Waals surface area (Å²) in [5.41, 5.74) is -0.539. The summed E-state index contributed by atoms with van der Waals surface area (Å²) in [7, 11) is 1.69. The molecule has 0 aromatic heterocycles. The lowest BCUT2D eigenvalue weighted by Gasteiger charge is -2.60. The van der Waals surface area contributed by atoms with Gasteiger partial charge in [0.25, 0.3) is 0 Å². The maximum absolute atomic E-state index is 11.8. The Bertz CT molecular complexity index is 839. The first kappa shape index (κ1) is 26.8. The number of rotatable bonds is 8. The monoisotopic (exact) mass is 495 g/mol. The molecule has 2 aliphatic heterocycles. The average molecular weight is 496 g/mol. The maximum Gasteiger partial charge on any atom is 0.248 e. The number of aryl methyl sites for hydroxylation is 1. The quantitative estimate of drug-likeness (QED) is 0.360. The molecule has 2 heterocycles. The van der Waals surface area contributed by atoms with Crippen molar-refractivity contribution >= 4 is 0 Å². The summed E-state index contributed by atoms with van der Waals surface area (Å²) < 4.78 is 23.7. The third-order valence-corrected chi connectivity index (χ3v) is 7.92. The van der Waals surface area contributed by atoms with Gasteiger partial charge >= 0.3 is 0 Å². The molecule has 1 aromatic carbocycles. The lowest BCUT2D eigenvalue weighted by molar-refractivity contribution is -0.485. The molecule has 9 nitrogen and oxygen atoms in total. The van der Waals surface area contributed by atoms with Gasteiger partial charge in [-0.05, 0) is 64.3 Å². The Morgan fingerprint density at radius 1 is 1.06 bits per heavy atom. The number of nitrogens with one attached hydrogen (secondary N) is 1. The van der Waals surface area contributed by atoms with Gasteiger partial charge in [0.2, 0.25) is 12.1 Å². The SMILES string of the molecule is CCOc1ccc(CCC[C@]2(O)C[C@@H](C)O[C@H]3O[C@@H]4[C@@H](O)[C@H](CC)[C@H](O)[C@H](NC)[C@H]4O[C@]32O)cc1.